The first kappa shape index (κ1) is 26.1. The van der Waals surface area contributed by atoms with Crippen LogP contribution in [0.25, 0.3) is 10.9 Å². The quantitative estimate of drug-likeness (QED) is 0.351. The third-order valence-electron chi connectivity index (χ3n) is 5.88. The third-order valence-corrected chi connectivity index (χ3v) is 6.23. The van der Waals surface area contributed by atoms with E-state index in [1.807, 2.05) is 0 Å². The number of hydrogen-bond acceptors (Lipinski definition) is 7. The molecule has 1 aromatic heterocycles. The van der Waals surface area contributed by atoms with Crippen molar-refractivity contribution in [2.45, 2.75) is 18.9 Å². The fourth-order valence-electron chi connectivity index (χ4n) is 3.87. The minimum atomic E-state index is -0.940. The first-order valence-electron chi connectivity index (χ1n) is 11.4. The molecule has 1 aliphatic heterocycles. The van der Waals surface area contributed by atoms with E-state index in [0.29, 0.717) is 48.3 Å². The zero-order valence-corrected chi connectivity index (χ0v) is 20.8. The lowest BCUT2D eigenvalue weighted by atomic mass is 10.1. The fraction of sp³-hybridized carbons (Fsp3) is 0.280. The molecule has 1 fully saturated rings. The van der Waals surface area contributed by atoms with Crippen molar-refractivity contribution in [3.8, 4) is 11.5 Å². The topological polar surface area (TPSA) is 106 Å². The van der Waals surface area contributed by atoms with Gasteiger partial charge in [-0.3, -0.25) is 9.59 Å². The molecule has 0 unspecified atom stereocenters. The van der Waals surface area contributed by atoms with Crippen molar-refractivity contribution in [3.05, 3.63) is 59.4 Å². The van der Waals surface area contributed by atoms with Gasteiger partial charge >= 0.3 is 0 Å². The Labute approximate surface area is 216 Å². The second-order valence-electron chi connectivity index (χ2n) is 8.18. The third kappa shape index (κ3) is 5.88. The molecule has 2 heterocycles. The van der Waals surface area contributed by atoms with E-state index >= 15 is 0 Å². The Balaban J connectivity index is 1.53. The minimum Gasteiger partial charge on any atom is -0.493 e. The number of likely N-dealkylation sites (tertiary alicyclic amines) is 1. The van der Waals surface area contributed by atoms with Crippen LogP contribution in [0, 0.1) is 11.6 Å². The summed E-state index contributed by atoms with van der Waals surface area (Å²) in [6, 6.07) is 5.64. The molecule has 0 aliphatic carbocycles. The van der Waals surface area contributed by atoms with Gasteiger partial charge in [-0.2, -0.15) is 0 Å². The summed E-state index contributed by atoms with van der Waals surface area (Å²) >= 11 is 5.70. The number of rotatable bonds is 7. The summed E-state index contributed by atoms with van der Waals surface area (Å²) in [5, 5.41) is 5.16. The number of fused-ring (bicyclic) bond motifs is 1. The molecule has 1 saturated heterocycles. The molecular weight excluding hydrogens is 508 g/mol. The van der Waals surface area contributed by atoms with E-state index in [2.05, 4.69) is 20.6 Å². The molecule has 0 radical (unpaired) electrons. The summed E-state index contributed by atoms with van der Waals surface area (Å²) in [5.74, 6) is -1.26. The predicted octanol–water partition coefficient (Wildman–Crippen LogP) is 3.99. The van der Waals surface area contributed by atoms with Gasteiger partial charge in [-0.05, 0) is 18.2 Å². The molecule has 9 nitrogen and oxygen atoms in total. The van der Waals surface area contributed by atoms with Crippen LogP contribution < -0.4 is 20.1 Å². The van der Waals surface area contributed by atoms with Crippen LogP contribution in [-0.4, -0.2) is 60.0 Å². The lowest BCUT2D eigenvalue weighted by Crippen LogP contribution is -2.41. The van der Waals surface area contributed by atoms with E-state index in [1.165, 1.54) is 38.7 Å². The van der Waals surface area contributed by atoms with E-state index in [0.717, 1.165) is 6.07 Å². The van der Waals surface area contributed by atoms with E-state index in [4.69, 9.17) is 21.1 Å². The summed E-state index contributed by atoms with van der Waals surface area (Å²) in [5.41, 5.74) is 0.464. The normalized spacial score (nSPS) is 14.1. The number of ether oxygens (including phenoxy) is 2. The maximum absolute atomic E-state index is 14.5. The molecule has 2 amide bonds. The van der Waals surface area contributed by atoms with Crippen molar-refractivity contribution in [3.63, 3.8) is 0 Å². The average Bonchev–Trinajstić information content (AvgIpc) is 2.92. The highest BCUT2D eigenvalue weighted by Gasteiger charge is 2.24. The van der Waals surface area contributed by atoms with E-state index in [1.54, 1.807) is 17.0 Å². The van der Waals surface area contributed by atoms with Crippen LogP contribution in [-0.2, 0) is 9.59 Å². The second-order valence-corrected chi connectivity index (χ2v) is 8.56. The number of halogens is 3. The molecule has 194 valence electrons. The molecule has 0 saturated carbocycles. The zero-order chi connectivity index (χ0) is 26.5. The highest BCUT2D eigenvalue weighted by atomic mass is 35.5. The number of aromatic nitrogens is 2. The maximum atomic E-state index is 14.5. The van der Waals surface area contributed by atoms with E-state index in [9.17, 15) is 18.4 Å². The van der Waals surface area contributed by atoms with Crippen molar-refractivity contribution >= 4 is 45.8 Å². The molecule has 1 aliphatic rings. The Morgan fingerprint density at radius 3 is 2.59 bits per heavy atom. The van der Waals surface area contributed by atoms with Crippen molar-refractivity contribution in [1.82, 2.24) is 20.2 Å². The Kier molecular flexibility index (Phi) is 8.02. The number of piperidine rings is 1. The van der Waals surface area contributed by atoms with Crippen LogP contribution >= 0.6 is 11.6 Å². The molecule has 3 aromatic rings. The summed E-state index contributed by atoms with van der Waals surface area (Å²) in [6.45, 7) is 0.913. The number of carbonyl (C=O) groups is 2. The van der Waals surface area contributed by atoms with Crippen molar-refractivity contribution in [2.75, 3.05) is 32.6 Å². The lowest BCUT2D eigenvalue weighted by Gasteiger charge is -2.32. The van der Waals surface area contributed by atoms with Crippen LogP contribution in [0.4, 0.5) is 20.3 Å². The van der Waals surface area contributed by atoms with Gasteiger partial charge in [-0.25, -0.2) is 18.7 Å². The highest BCUT2D eigenvalue weighted by Crippen LogP contribution is 2.37. The summed E-state index contributed by atoms with van der Waals surface area (Å²) in [4.78, 5) is 33.7. The number of benzene rings is 2. The van der Waals surface area contributed by atoms with Gasteiger partial charge in [0.05, 0.1) is 18.3 Å². The molecule has 2 N–H and O–H groups in total. The Morgan fingerprint density at radius 2 is 1.89 bits per heavy atom. The smallest absolute Gasteiger partial charge is 0.246 e. The van der Waals surface area contributed by atoms with Crippen LogP contribution in [0.15, 0.2) is 42.7 Å². The van der Waals surface area contributed by atoms with Gasteiger partial charge in [0.2, 0.25) is 11.8 Å². The molecule has 2 aromatic carbocycles. The Bertz CT molecular complexity index is 1360. The Morgan fingerprint density at radius 1 is 1.14 bits per heavy atom. The first-order valence-corrected chi connectivity index (χ1v) is 11.8. The average molecular weight is 532 g/mol. The van der Waals surface area contributed by atoms with Crippen molar-refractivity contribution < 1.29 is 27.8 Å². The van der Waals surface area contributed by atoms with Crippen molar-refractivity contribution in [2.24, 2.45) is 0 Å². The molecular formula is C25H24ClF2N5O4. The fourth-order valence-corrected chi connectivity index (χ4v) is 4.04. The second kappa shape index (κ2) is 11.4. The first-order chi connectivity index (χ1) is 17.8. The van der Waals surface area contributed by atoms with Crippen LogP contribution in [0.1, 0.15) is 12.8 Å². The molecule has 4 rings (SSSR count). The monoisotopic (exact) mass is 531 g/mol. The summed E-state index contributed by atoms with van der Waals surface area (Å²) in [6.07, 6.45) is 4.68. The number of nitrogens with zero attached hydrogens (tertiary/aromatic N) is 3. The summed E-state index contributed by atoms with van der Waals surface area (Å²) in [7, 11) is 2.99. The number of carbonyl (C=O) groups excluding carboxylic acids is 2. The van der Waals surface area contributed by atoms with Crippen molar-refractivity contribution in [1.29, 1.82) is 0 Å². The number of likely N-dealkylation sites (N-methyl/N-ethyl adjacent to an activating group) is 1. The number of amides is 2. The standard InChI is InChI=1S/C25H24ClF2N5O4/c1-29-21(34)5-6-22(35)33-9-7-14(8-10-33)37-20-11-15-18(12-19(20)36-2)30-13-31-25(15)32-17-4-3-16(27)23(26)24(17)28/h3-6,11-14H,7-10H2,1-2H3,(H,29,34)(H,30,31,32)/b6-5+. The van der Waals surface area contributed by atoms with Gasteiger partial charge in [-0.1, -0.05) is 11.6 Å². The summed E-state index contributed by atoms with van der Waals surface area (Å²) < 4.78 is 39.8. The van der Waals surface area contributed by atoms with Gasteiger partial charge in [-0.15, -0.1) is 0 Å². The van der Waals surface area contributed by atoms with Crippen LogP contribution in [0.5, 0.6) is 11.5 Å². The molecule has 0 spiro atoms. The number of nitrogens with one attached hydrogen (secondary N) is 2. The number of anilines is 2. The molecule has 0 bridgehead atoms. The maximum Gasteiger partial charge on any atom is 0.246 e. The lowest BCUT2D eigenvalue weighted by molar-refractivity contribution is -0.128. The van der Waals surface area contributed by atoms with E-state index in [-0.39, 0.29) is 29.4 Å². The van der Waals surface area contributed by atoms with Gasteiger partial charge in [0, 0.05) is 56.6 Å². The predicted molar refractivity (Wildman–Crippen MR) is 134 cm³/mol. The largest absolute Gasteiger partial charge is 0.493 e. The molecule has 12 heteroatoms. The van der Waals surface area contributed by atoms with E-state index < -0.39 is 16.7 Å². The van der Waals surface area contributed by atoms with Gasteiger partial charge < -0.3 is 25.0 Å². The van der Waals surface area contributed by atoms with Gasteiger partial charge in [0.25, 0.3) is 0 Å². The SMILES string of the molecule is CNC(=O)/C=C/C(=O)N1CCC(Oc2cc3c(Nc4ccc(F)c(Cl)c4F)ncnc3cc2OC)CC1. The van der Waals surface area contributed by atoms with Crippen LogP contribution in [0.2, 0.25) is 5.02 Å². The number of hydrogen-bond donors (Lipinski definition) is 2. The van der Waals surface area contributed by atoms with Gasteiger partial charge in [0.15, 0.2) is 17.3 Å². The Hall–Kier alpha value is -3.99. The minimum absolute atomic E-state index is 0.0489. The zero-order valence-electron chi connectivity index (χ0n) is 20.1. The van der Waals surface area contributed by atoms with Gasteiger partial charge in [0.1, 0.15) is 29.1 Å². The molecule has 0 atom stereocenters. The van der Waals surface area contributed by atoms with Crippen LogP contribution in [0.3, 0.4) is 0 Å². The number of methoxy groups -OCH3 is 1. The molecule has 37 heavy (non-hydrogen) atoms. The highest BCUT2D eigenvalue weighted by molar-refractivity contribution is 6.31.